The topological polar surface area (TPSA) is 69.2 Å². The van der Waals surface area contributed by atoms with Crippen LogP contribution in [0.1, 0.15) is 25.6 Å². The monoisotopic (exact) mass is 288 g/mol. The molecule has 0 unspecified atom stereocenters. The molecule has 0 saturated carbocycles. The number of likely N-dealkylation sites (tertiary alicyclic amines) is 1. The first kappa shape index (κ1) is 13.0. The minimum Gasteiger partial charge on any atom is -0.348 e. The first-order chi connectivity index (χ1) is 9.74. The van der Waals surface area contributed by atoms with Crippen LogP contribution in [-0.4, -0.2) is 43.8 Å². The SMILES string of the molecule is C/C(=N\NC(=S)N1CCCC1)c1nc2ncccc2[nH]1. The molecule has 1 saturated heterocycles. The van der Waals surface area contributed by atoms with Gasteiger partial charge in [-0.2, -0.15) is 5.10 Å². The van der Waals surface area contributed by atoms with Gasteiger partial charge >= 0.3 is 0 Å². The molecule has 0 aliphatic carbocycles. The van der Waals surface area contributed by atoms with Gasteiger partial charge in [-0.3, -0.25) is 5.43 Å². The van der Waals surface area contributed by atoms with E-state index in [0.717, 1.165) is 24.3 Å². The van der Waals surface area contributed by atoms with Crippen molar-refractivity contribution in [3.05, 3.63) is 24.2 Å². The zero-order valence-electron chi connectivity index (χ0n) is 11.3. The Morgan fingerprint density at radius 1 is 1.45 bits per heavy atom. The van der Waals surface area contributed by atoms with E-state index in [2.05, 4.69) is 30.4 Å². The lowest BCUT2D eigenvalue weighted by molar-refractivity contribution is 0.509. The lowest BCUT2D eigenvalue weighted by Crippen LogP contribution is -2.35. The van der Waals surface area contributed by atoms with Crippen LogP contribution in [0.15, 0.2) is 23.4 Å². The number of hydrogen-bond acceptors (Lipinski definition) is 4. The molecule has 3 heterocycles. The fraction of sp³-hybridized carbons (Fsp3) is 0.385. The van der Waals surface area contributed by atoms with E-state index in [1.165, 1.54) is 12.8 Å². The van der Waals surface area contributed by atoms with E-state index in [-0.39, 0.29) is 0 Å². The molecule has 0 bridgehead atoms. The highest BCUT2D eigenvalue weighted by molar-refractivity contribution is 7.80. The van der Waals surface area contributed by atoms with Gasteiger partial charge in [-0.05, 0) is 44.1 Å². The average Bonchev–Trinajstić information content (AvgIpc) is 3.12. The molecule has 1 aliphatic rings. The summed E-state index contributed by atoms with van der Waals surface area (Å²) in [5.74, 6) is 0.704. The normalized spacial score (nSPS) is 15.8. The van der Waals surface area contributed by atoms with Gasteiger partial charge in [-0.1, -0.05) is 0 Å². The maximum Gasteiger partial charge on any atom is 0.189 e. The summed E-state index contributed by atoms with van der Waals surface area (Å²) in [5, 5.41) is 4.97. The van der Waals surface area contributed by atoms with Crippen LogP contribution in [0, 0.1) is 0 Å². The largest absolute Gasteiger partial charge is 0.348 e. The highest BCUT2D eigenvalue weighted by atomic mass is 32.1. The molecule has 20 heavy (non-hydrogen) atoms. The molecule has 3 rings (SSSR count). The maximum atomic E-state index is 5.31. The van der Waals surface area contributed by atoms with Gasteiger partial charge in [0.2, 0.25) is 0 Å². The van der Waals surface area contributed by atoms with Crippen molar-refractivity contribution in [1.82, 2.24) is 25.3 Å². The minimum atomic E-state index is 0.677. The average molecular weight is 288 g/mol. The molecule has 104 valence electrons. The summed E-state index contributed by atoms with van der Waals surface area (Å²) in [6.07, 6.45) is 4.11. The second-order valence-electron chi connectivity index (χ2n) is 4.77. The summed E-state index contributed by atoms with van der Waals surface area (Å²) in [6, 6.07) is 3.81. The van der Waals surface area contributed by atoms with Crippen LogP contribution in [-0.2, 0) is 0 Å². The highest BCUT2D eigenvalue weighted by Gasteiger charge is 2.14. The molecule has 2 aromatic heterocycles. The molecular weight excluding hydrogens is 272 g/mol. The molecule has 0 aromatic carbocycles. The van der Waals surface area contributed by atoms with Crippen LogP contribution in [0.5, 0.6) is 0 Å². The Morgan fingerprint density at radius 2 is 2.25 bits per heavy atom. The van der Waals surface area contributed by atoms with E-state index >= 15 is 0 Å². The second kappa shape index (κ2) is 5.54. The van der Waals surface area contributed by atoms with Crippen LogP contribution in [0.25, 0.3) is 11.2 Å². The third-order valence-corrected chi connectivity index (χ3v) is 3.66. The Hall–Kier alpha value is -2.02. The van der Waals surface area contributed by atoms with Crippen molar-refractivity contribution < 1.29 is 0 Å². The zero-order chi connectivity index (χ0) is 13.9. The number of nitrogens with zero attached hydrogens (tertiary/aromatic N) is 4. The van der Waals surface area contributed by atoms with Crippen LogP contribution < -0.4 is 5.43 Å². The summed E-state index contributed by atoms with van der Waals surface area (Å²) in [5.41, 5.74) is 5.28. The Bertz CT molecular complexity index is 623. The summed E-state index contributed by atoms with van der Waals surface area (Å²) in [6.45, 7) is 3.90. The third kappa shape index (κ3) is 2.62. The van der Waals surface area contributed by atoms with Crippen molar-refractivity contribution in [1.29, 1.82) is 0 Å². The number of pyridine rings is 1. The van der Waals surface area contributed by atoms with E-state index in [1.807, 2.05) is 19.1 Å². The molecule has 7 heteroatoms. The number of imidazole rings is 1. The van der Waals surface area contributed by atoms with Crippen molar-refractivity contribution in [2.24, 2.45) is 5.10 Å². The molecule has 0 spiro atoms. The Morgan fingerprint density at radius 3 is 3.00 bits per heavy atom. The molecule has 0 radical (unpaired) electrons. The van der Waals surface area contributed by atoms with E-state index in [9.17, 15) is 0 Å². The molecule has 1 aliphatic heterocycles. The van der Waals surface area contributed by atoms with Gasteiger partial charge in [0.25, 0.3) is 0 Å². The lowest BCUT2D eigenvalue weighted by atomic mass is 10.4. The Kier molecular flexibility index (Phi) is 3.60. The van der Waals surface area contributed by atoms with Gasteiger partial charge in [0.15, 0.2) is 16.6 Å². The number of hydrogen-bond donors (Lipinski definition) is 2. The van der Waals surface area contributed by atoms with Crippen molar-refractivity contribution in [3.63, 3.8) is 0 Å². The predicted molar refractivity (Wildman–Crippen MR) is 82.6 cm³/mol. The van der Waals surface area contributed by atoms with Gasteiger partial charge in [0.1, 0.15) is 5.71 Å². The van der Waals surface area contributed by atoms with Gasteiger partial charge in [0.05, 0.1) is 5.52 Å². The molecular formula is C13H16N6S. The summed E-state index contributed by atoms with van der Waals surface area (Å²) < 4.78 is 0. The third-order valence-electron chi connectivity index (χ3n) is 3.31. The van der Waals surface area contributed by atoms with Crippen LogP contribution >= 0.6 is 12.2 Å². The molecule has 1 fully saturated rings. The number of fused-ring (bicyclic) bond motifs is 1. The highest BCUT2D eigenvalue weighted by Crippen LogP contribution is 2.09. The quantitative estimate of drug-likeness (QED) is 0.499. The van der Waals surface area contributed by atoms with Crippen LogP contribution in [0.2, 0.25) is 0 Å². The number of aromatic nitrogens is 3. The number of H-pyrrole nitrogens is 1. The van der Waals surface area contributed by atoms with Crippen molar-refractivity contribution in [3.8, 4) is 0 Å². The van der Waals surface area contributed by atoms with Gasteiger partial charge in [0, 0.05) is 19.3 Å². The van der Waals surface area contributed by atoms with E-state index < -0.39 is 0 Å². The molecule has 0 atom stereocenters. The van der Waals surface area contributed by atoms with E-state index in [4.69, 9.17) is 12.2 Å². The number of nitrogens with one attached hydrogen (secondary N) is 2. The first-order valence-corrected chi connectivity index (χ1v) is 7.05. The maximum absolute atomic E-state index is 5.31. The first-order valence-electron chi connectivity index (χ1n) is 6.64. The summed E-state index contributed by atoms with van der Waals surface area (Å²) in [4.78, 5) is 13.9. The van der Waals surface area contributed by atoms with Gasteiger partial charge in [-0.25, -0.2) is 9.97 Å². The fourth-order valence-electron chi connectivity index (χ4n) is 2.19. The fourth-order valence-corrected chi connectivity index (χ4v) is 2.42. The van der Waals surface area contributed by atoms with Crippen LogP contribution in [0.4, 0.5) is 0 Å². The zero-order valence-corrected chi connectivity index (χ0v) is 12.1. The summed E-state index contributed by atoms with van der Waals surface area (Å²) >= 11 is 5.31. The molecule has 6 nitrogen and oxygen atoms in total. The minimum absolute atomic E-state index is 0.677. The Labute approximate surface area is 122 Å². The Balaban J connectivity index is 1.72. The number of rotatable bonds is 2. The number of aromatic amines is 1. The van der Waals surface area contributed by atoms with Crippen molar-refractivity contribution >= 4 is 34.2 Å². The number of thiocarbonyl (C=S) groups is 1. The van der Waals surface area contributed by atoms with Crippen molar-refractivity contribution in [2.45, 2.75) is 19.8 Å². The van der Waals surface area contributed by atoms with Gasteiger partial charge < -0.3 is 9.88 Å². The van der Waals surface area contributed by atoms with Crippen LogP contribution in [0.3, 0.4) is 0 Å². The molecule has 2 N–H and O–H groups in total. The second-order valence-corrected chi connectivity index (χ2v) is 5.16. The molecule has 2 aromatic rings. The predicted octanol–water partition coefficient (Wildman–Crippen LogP) is 1.65. The van der Waals surface area contributed by atoms with E-state index in [1.54, 1.807) is 6.20 Å². The lowest BCUT2D eigenvalue weighted by Gasteiger charge is -2.17. The summed E-state index contributed by atoms with van der Waals surface area (Å²) in [7, 11) is 0. The van der Waals surface area contributed by atoms with Gasteiger partial charge in [-0.15, -0.1) is 0 Å². The number of hydrazone groups is 1. The van der Waals surface area contributed by atoms with Crippen molar-refractivity contribution in [2.75, 3.05) is 13.1 Å². The van der Waals surface area contributed by atoms with E-state index in [0.29, 0.717) is 16.6 Å². The smallest absolute Gasteiger partial charge is 0.189 e. The molecule has 0 amide bonds. The standard InChI is InChI=1S/C13H16N6S/c1-9(17-18-13(20)19-7-2-3-8-19)11-15-10-5-4-6-14-12(10)16-11/h4-6H,2-3,7-8H2,1H3,(H,18,20)(H,14,15,16)/b17-9+.